The monoisotopic (exact) mass is 330 g/mol. The Hall–Kier alpha value is -0.710. The van der Waals surface area contributed by atoms with Gasteiger partial charge in [0.1, 0.15) is 11.6 Å². The summed E-state index contributed by atoms with van der Waals surface area (Å²) in [6.07, 6.45) is 2.15. The Morgan fingerprint density at radius 3 is 2.71 bits per heavy atom. The van der Waals surface area contributed by atoms with E-state index in [1.807, 2.05) is 0 Å². The molecule has 1 fully saturated rings. The predicted octanol–water partition coefficient (Wildman–Crippen LogP) is 3.74. The number of hydrogen-bond donors (Lipinski definition) is 1. The molecular formula is C15H24Cl2N4. The number of aromatic nitrogens is 1. The van der Waals surface area contributed by atoms with Crippen molar-refractivity contribution in [2.45, 2.75) is 32.7 Å². The largest absolute Gasteiger partial charge is 0.369 e. The first kappa shape index (κ1) is 16.7. The molecule has 1 saturated heterocycles. The molecule has 1 aliphatic rings. The van der Waals surface area contributed by atoms with Crippen LogP contribution in [0.3, 0.4) is 0 Å². The first-order chi connectivity index (χ1) is 10.1. The minimum Gasteiger partial charge on any atom is -0.369 e. The summed E-state index contributed by atoms with van der Waals surface area (Å²) in [5, 5.41) is 4.47. The van der Waals surface area contributed by atoms with Crippen LogP contribution in [0.15, 0.2) is 6.07 Å². The highest BCUT2D eigenvalue weighted by Gasteiger charge is 2.25. The molecule has 0 spiro atoms. The van der Waals surface area contributed by atoms with E-state index >= 15 is 0 Å². The maximum absolute atomic E-state index is 6.37. The van der Waals surface area contributed by atoms with E-state index < -0.39 is 0 Å². The third kappa shape index (κ3) is 3.93. The van der Waals surface area contributed by atoms with Crippen LogP contribution in [-0.2, 0) is 0 Å². The SMILES string of the molecule is CCCNc1nc(N2CCN(C)C(CC)C2)c(Cl)cc1Cl. The molecule has 1 N–H and O–H groups in total. The Morgan fingerprint density at radius 1 is 1.29 bits per heavy atom. The van der Waals surface area contributed by atoms with Gasteiger partial charge in [0, 0.05) is 32.2 Å². The van der Waals surface area contributed by atoms with Gasteiger partial charge in [0.15, 0.2) is 0 Å². The summed E-state index contributed by atoms with van der Waals surface area (Å²) in [5.74, 6) is 1.57. The van der Waals surface area contributed by atoms with Gasteiger partial charge in [-0.1, -0.05) is 37.0 Å². The number of nitrogens with one attached hydrogen (secondary N) is 1. The van der Waals surface area contributed by atoms with Gasteiger partial charge < -0.3 is 10.2 Å². The van der Waals surface area contributed by atoms with Crippen LogP contribution in [0.5, 0.6) is 0 Å². The molecule has 1 atom stereocenters. The average Bonchev–Trinajstić information content (AvgIpc) is 2.47. The molecule has 0 bridgehead atoms. The quantitative estimate of drug-likeness (QED) is 0.891. The molecule has 21 heavy (non-hydrogen) atoms. The molecule has 0 radical (unpaired) electrons. The number of halogens is 2. The van der Waals surface area contributed by atoms with E-state index in [4.69, 9.17) is 23.2 Å². The van der Waals surface area contributed by atoms with Crippen molar-refractivity contribution in [3.8, 4) is 0 Å². The topological polar surface area (TPSA) is 31.4 Å². The van der Waals surface area contributed by atoms with Crippen molar-refractivity contribution in [1.82, 2.24) is 9.88 Å². The molecule has 0 amide bonds. The van der Waals surface area contributed by atoms with Crippen molar-refractivity contribution in [2.75, 3.05) is 43.4 Å². The molecule has 1 aromatic rings. The van der Waals surface area contributed by atoms with Crippen LogP contribution in [0.4, 0.5) is 11.6 Å². The number of hydrogen-bond acceptors (Lipinski definition) is 4. The summed E-state index contributed by atoms with van der Waals surface area (Å²) in [4.78, 5) is 9.33. The lowest BCUT2D eigenvalue weighted by atomic mass is 10.1. The second-order valence-corrected chi connectivity index (χ2v) is 6.35. The van der Waals surface area contributed by atoms with Crippen molar-refractivity contribution in [2.24, 2.45) is 0 Å². The second-order valence-electron chi connectivity index (χ2n) is 5.54. The fourth-order valence-corrected chi connectivity index (χ4v) is 3.17. The van der Waals surface area contributed by atoms with Crippen LogP contribution in [-0.4, -0.2) is 49.2 Å². The third-order valence-electron chi connectivity index (χ3n) is 4.00. The first-order valence-corrected chi connectivity index (χ1v) is 8.37. The highest BCUT2D eigenvalue weighted by atomic mass is 35.5. The minimum absolute atomic E-state index is 0.541. The van der Waals surface area contributed by atoms with Gasteiger partial charge in [0.2, 0.25) is 0 Å². The minimum atomic E-state index is 0.541. The molecule has 0 aliphatic carbocycles. The van der Waals surface area contributed by atoms with E-state index in [1.54, 1.807) is 6.07 Å². The molecule has 4 nitrogen and oxygen atoms in total. The maximum atomic E-state index is 6.37. The van der Waals surface area contributed by atoms with E-state index in [1.165, 1.54) is 0 Å². The van der Waals surface area contributed by atoms with Gasteiger partial charge in [0.25, 0.3) is 0 Å². The van der Waals surface area contributed by atoms with Gasteiger partial charge >= 0.3 is 0 Å². The summed E-state index contributed by atoms with van der Waals surface area (Å²) >= 11 is 12.6. The summed E-state index contributed by atoms with van der Waals surface area (Å²) < 4.78 is 0. The summed E-state index contributed by atoms with van der Waals surface area (Å²) in [7, 11) is 2.18. The fraction of sp³-hybridized carbons (Fsp3) is 0.667. The Labute approximate surface area is 137 Å². The second kappa shape index (κ2) is 7.52. The third-order valence-corrected chi connectivity index (χ3v) is 4.57. The smallest absolute Gasteiger partial charge is 0.150 e. The lowest BCUT2D eigenvalue weighted by Gasteiger charge is -2.40. The van der Waals surface area contributed by atoms with E-state index in [2.05, 4.69) is 41.0 Å². The Kier molecular flexibility index (Phi) is 5.97. The zero-order chi connectivity index (χ0) is 15.4. The van der Waals surface area contributed by atoms with Crippen LogP contribution < -0.4 is 10.2 Å². The number of piperazine rings is 1. The van der Waals surface area contributed by atoms with Crippen molar-refractivity contribution in [3.05, 3.63) is 16.1 Å². The highest BCUT2D eigenvalue weighted by molar-refractivity contribution is 6.37. The van der Waals surface area contributed by atoms with Gasteiger partial charge in [-0.15, -0.1) is 0 Å². The van der Waals surface area contributed by atoms with E-state index in [0.29, 0.717) is 16.1 Å². The molecule has 1 aliphatic heterocycles. The first-order valence-electron chi connectivity index (χ1n) is 7.61. The molecule has 6 heteroatoms. The number of anilines is 2. The normalized spacial score (nSPS) is 19.9. The Morgan fingerprint density at radius 2 is 2.05 bits per heavy atom. The standard InChI is InChI=1S/C15H24Cl2N4/c1-4-6-18-14-12(16)9-13(17)15(19-14)21-8-7-20(3)11(5-2)10-21/h9,11H,4-8,10H2,1-3H3,(H,18,19). The van der Waals surface area contributed by atoms with Crippen molar-refractivity contribution >= 4 is 34.8 Å². The van der Waals surface area contributed by atoms with Crippen molar-refractivity contribution in [3.63, 3.8) is 0 Å². The predicted molar refractivity (Wildman–Crippen MR) is 92.0 cm³/mol. The van der Waals surface area contributed by atoms with Crippen LogP contribution >= 0.6 is 23.2 Å². The van der Waals surface area contributed by atoms with Gasteiger partial charge in [-0.3, -0.25) is 4.90 Å². The number of rotatable bonds is 5. The Bertz CT molecular complexity index is 481. The van der Waals surface area contributed by atoms with E-state index in [9.17, 15) is 0 Å². The van der Waals surface area contributed by atoms with Crippen LogP contribution in [0.2, 0.25) is 10.0 Å². The van der Waals surface area contributed by atoms with Gasteiger partial charge in [0.05, 0.1) is 10.0 Å². The Balaban J connectivity index is 2.22. The lowest BCUT2D eigenvalue weighted by Crippen LogP contribution is -2.51. The molecule has 1 unspecified atom stereocenters. The van der Waals surface area contributed by atoms with E-state index in [0.717, 1.165) is 50.7 Å². The zero-order valence-corrected chi connectivity index (χ0v) is 14.5. The molecular weight excluding hydrogens is 307 g/mol. The molecule has 118 valence electrons. The fourth-order valence-electron chi connectivity index (χ4n) is 2.63. The van der Waals surface area contributed by atoms with Gasteiger partial charge in [-0.05, 0) is 26.0 Å². The molecule has 0 saturated carbocycles. The maximum Gasteiger partial charge on any atom is 0.150 e. The summed E-state index contributed by atoms with van der Waals surface area (Å²) in [5.41, 5.74) is 0. The van der Waals surface area contributed by atoms with E-state index in [-0.39, 0.29) is 0 Å². The molecule has 0 aromatic carbocycles. The molecule has 2 rings (SSSR count). The van der Waals surface area contributed by atoms with Crippen LogP contribution in [0.25, 0.3) is 0 Å². The lowest BCUT2D eigenvalue weighted by molar-refractivity contribution is 0.213. The number of pyridine rings is 1. The highest BCUT2D eigenvalue weighted by Crippen LogP contribution is 2.32. The van der Waals surface area contributed by atoms with Crippen LogP contribution in [0, 0.1) is 0 Å². The summed E-state index contributed by atoms with van der Waals surface area (Å²) in [6.45, 7) is 8.11. The van der Waals surface area contributed by atoms with Crippen molar-refractivity contribution in [1.29, 1.82) is 0 Å². The van der Waals surface area contributed by atoms with Crippen LogP contribution in [0.1, 0.15) is 26.7 Å². The average molecular weight is 331 g/mol. The van der Waals surface area contributed by atoms with Gasteiger partial charge in [-0.25, -0.2) is 4.98 Å². The zero-order valence-electron chi connectivity index (χ0n) is 13.0. The molecule has 1 aromatic heterocycles. The summed E-state index contributed by atoms with van der Waals surface area (Å²) in [6, 6.07) is 2.34. The van der Waals surface area contributed by atoms with Gasteiger partial charge in [-0.2, -0.15) is 0 Å². The number of likely N-dealkylation sites (N-methyl/N-ethyl adjacent to an activating group) is 1. The number of nitrogens with zero attached hydrogens (tertiary/aromatic N) is 3. The molecule has 2 heterocycles. The van der Waals surface area contributed by atoms with Crippen molar-refractivity contribution < 1.29 is 0 Å².